The Hall–Kier alpha value is -3.74. The summed E-state index contributed by atoms with van der Waals surface area (Å²) >= 11 is 0. The zero-order chi connectivity index (χ0) is 22.0. The van der Waals surface area contributed by atoms with E-state index in [9.17, 15) is 13.6 Å². The van der Waals surface area contributed by atoms with Crippen molar-refractivity contribution in [3.63, 3.8) is 0 Å². The molecule has 0 radical (unpaired) electrons. The number of aromatic nitrogens is 2. The van der Waals surface area contributed by atoms with E-state index in [0.717, 1.165) is 29.0 Å². The molecule has 0 saturated heterocycles. The third-order valence-corrected chi connectivity index (χ3v) is 4.94. The Morgan fingerprint density at radius 1 is 1.06 bits per heavy atom. The van der Waals surface area contributed by atoms with Gasteiger partial charge in [-0.15, -0.1) is 0 Å². The minimum Gasteiger partial charge on any atom is -0.487 e. The molecule has 4 aromatic rings. The summed E-state index contributed by atoms with van der Waals surface area (Å²) in [5.74, 6) is -1.57. The van der Waals surface area contributed by atoms with E-state index in [1.807, 2.05) is 35.9 Å². The van der Waals surface area contributed by atoms with Crippen LogP contribution in [0, 0.1) is 18.6 Å². The smallest absolute Gasteiger partial charge is 0.251 e. The lowest BCUT2D eigenvalue weighted by Crippen LogP contribution is -2.26. The number of aryl methyl sites for hydroxylation is 1. The maximum Gasteiger partial charge on any atom is 0.251 e. The Morgan fingerprint density at radius 2 is 1.84 bits per heavy atom. The van der Waals surface area contributed by atoms with Crippen molar-refractivity contribution in [1.29, 1.82) is 0 Å². The lowest BCUT2D eigenvalue weighted by molar-refractivity contribution is 0.0939. The van der Waals surface area contributed by atoms with Gasteiger partial charge >= 0.3 is 0 Å². The molecule has 4 rings (SSSR count). The molecular formula is C24H21F2N3O2. The van der Waals surface area contributed by atoms with E-state index < -0.39 is 17.7 Å². The quantitative estimate of drug-likeness (QED) is 0.477. The molecule has 1 amide bonds. The highest BCUT2D eigenvalue weighted by Crippen LogP contribution is 2.18. The summed E-state index contributed by atoms with van der Waals surface area (Å²) < 4.78 is 34.2. The molecule has 0 spiro atoms. The van der Waals surface area contributed by atoms with Gasteiger partial charge < -0.3 is 14.5 Å². The first-order valence-corrected chi connectivity index (χ1v) is 9.82. The molecule has 0 aliphatic rings. The Morgan fingerprint density at radius 3 is 2.58 bits per heavy atom. The maximum absolute atomic E-state index is 13.4. The molecule has 0 fully saturated rings. The van der Waals surface area contributed by atoms with Crippen molar-refractivity contribution >= 4 is 11.6 Å². The average molecular weight is 421 g/mol. The van der Waals surface area contributed by atoms with Gasteiger partial charge in [-0.2, -0.15) is 0 Å². The zero-order valence-electron chi connectivity index (χ0n) is 17.1. The number of nitrogens with one attached hydrogen (secondary N) is 1. The first-order chi connectivity index (χ1) is 14.9. The van der Waals surface area contributed by atoms with E-state index >= 15 is 0 Å². The van der Waals surface area contributed by atoms with Crippen molar-refractivity contribution in [1.82, 2.24) is 14.7 Å². The van der Waals surface area contributed by atoms with Crippen LogP contribution in [0.4, 0.5) is 8.78 Å². The predicted octanol–water partition coefficient (Wildman–Crippen LogP) is 4.99. The minimum absolute atomic E-state index is 0.305. The van der Waals surface area contributed by atoms with Crippen LogP contribution in [0.1, 0.15) is 40.1 Å². The Kier molecular flexibility index (Phi) is 5.66. The summed E-state index contributed by atoms with van der Waals surface area (Å²) in [4.78, 5) is 17.0. The highest BCUT2D eigenvalue weighted by atomic mass is 19.2. The maximum atomic E-state index is 13.4. The molecule has 2 heterocycles. The molecule has 31 heavy (non-hydrogen) atoms. The van der Waals surface area contributed by atoms with Crippen LogP contribution in [0.25, 0.3) is 5.65 Å². The SMILES string of the molecule is Cc1ccc2nc(COc3ccc(C(=O)NC(C)c4ccc(F)c(F)c4)cc3)cn2c1. The first kappa shape index (κ1) is 20.5. The van der Waals surface area contributed by atoms with Gasteiger partial charge in [0, 0.05) is 18.0 Å². The molecule has 0 saturated carbocycles. The topological polar surface area (TPSA) is 55.6 Å². The Bertz CT molecular complexity index is 1240. The van der Waals surface area contributed by atoms with Crippen molar-refractivity contribution in [2.24, 2.45) is 0 Å². The van der Waals surface area contributed by atoms with Crippen molar-refractivity contribution < 1.29 is 18.3 Å². The second-order valence-electron chi connectivity index (χ2n) is 7.39. The van der Waals surface area contributed by atoms with E-state index in [-0.39, 0.29) is 5.91 Å². The third-order valence-electron chi connectivity index (χ3n) is 4.94. The molecule has 1 unspecified atom stereocenters. The molecule has 158 valence electrons. The molecule has 5 nitrogen and oxygen atoms in total. The molecular weight excluding hydrogens is 400 g/mol. The highest BCUT2D eigenvalue weighted by Gasteiger charge is 2.14. The number of benzene rings is 2. The molecule has 0 aliphatic heterocycles. The zero-order valence-corrected chi connectivity index (χ0v) is 17.1. The normalized spacial score (nSPS) is 12.0. The molecule has 2 aromatic heterocycles. The monoisotopic (exact) mass is 421 g/mol. The van der Waals surface area contributed by atoms with Crippen LogP contribution in [-0.2, 0) is 6.61 Å². The van der Waals surface area contributed by atoms with Gasteiger partial charge in [-0.3, -0.25) is 4.79 Å². The van der Waals surface area contributed by atoms with Crippen LogP contribution in [0.5, 0.6) is 5.75 Å². The average Bonchev–Trinajstić information content (AvgIpc) is 3.16. The number of fused-ring (bicyclic) bond motifs is 1. The van der Waals surface area contributed by atoms with E-state index in [1.165, 1.54) is 6.07 Å². The summed E-state index contributed by atoms with van der Waals surface area (Å²) in [6.45, 7) is 4.03. The largest absolute Gasteiger partial charge is 0.487 e. The molecule has 7 heteroatoms. The minimum atomic E-state index is -0.944. The van der Waals surface area contributed by atoms with Crippen molar-refractivity contribution in [2.45, 2.75) is 26.5 Å². The van der Waals surface area contributed by atoms with E-state index in [2.05, 4.69) is 10.3 Å². The fourth-order valence-corrected chi connectivity index (χ4v) is 3.23. The van der Waals surface area contributed by atoms with Crippen LogP contribution in [-0.4, -0.2) is 15.3 Å². The van der Waals surface area contributed by atoms with E-state index in [4.69, 9.17) is 4.74 Å². The van der Waals surface area contributed by atoms with E-state index in [1.54, 1.807) is 31.2 Å². The third kappa shape index (κ3) is 4.71. The van der Waals surface area contributed by atoms with Crippen LogP contribution in [0.15, 0.2) is 67.0 Å². The van der Waals surface area contributed by atoms with Gasteiger partial charge in [0.2, 0.25) is 0 Å². The van der Waals surface area contributed by atoms with Crippen LogP contribution < -0.4 is 10.1 Å². The summed E-state index contributed by atoms with van der Waals surface area (Å²) in [6.07, 6.45) is 3.92. The number of halogens is 2. The van der Waals surface area contributed by atoms with Gasteiger partial charge in [-0.05, 0) is 67.4 Å². The van der Waals surface area contributed by atoms with Gasteiger partial charge in [0.25, 0.3) is 5.91 Å². The van der Waals surface area contributed by atoms with Crippen LogP contribution in [0.3, 0.4) is 0 Å². The number of nitrogens with zero attached hydrogens (tertiary/aromatic N) is 2. The number of amides is 1. The molecule has 0 bridgehead atoms. The number of ether oxygens (including phenoxy) is 1. The van der Waals surface area contributed by atoms with Gasteiger partial charge in [-0.1, -0.05) is 12.1 Å². The first-order valence-electron chi connectivity index (χ1n) is 9.82. The van der Waals surface area contributed by atoms with Crippen LogP contribution in [0.2, 0.25) is 0 Å². The Labute approximate surface area is 178 Å². The number of hydrogen-bond acceptors (Lipinski definition) is 3. The fourth-order valence-electron chi connectivity index (χ4n) is 3.23. The van der Waals surface area contributed by atoms with Crippen LogP contribution >= 0.6 is 0 Å². The number of rotatable bonds is 6. The number of carbonyl (C=O) groups excluding carboxylic acids is 1. The van der Waals surface area contributed by atoms with Crippen molar-refractivity contribution in [3.05, 3.63) is 101 Å². The highest BCUT2D eigenvalue weighted by molar-refractivity contribution is 5.94. The summed E-state index contributed by atoms with van der Waals surface area (Å²) in [7, 11) is 0. The summed E-state index contributed by atoms with van der Waals surface area (Å²) in [5, 5.41) is 2.77. The predicted molar refractivity (Wildman–Crippen MR) is 113 cm³/mol. The molecule has 1 atom stereocenters. The van der Waals surface area contributed by atoms with Gasteiger partial charge in [-0.25, -0.2) is 13.8 Å². The lowest BCUT2D eigenvalue weighted by atomic mass is 10.1. The van der Waals surface area contributed by atoms with Crippen molar-refractivity contribution in [2.75, 3.05) is 0 Å². The number of hydrogen-bond donors (Lipinski definition) is 1. The fraction of sp³-hybridized carbons (Fsp3) is 0.167. The number of carbonyl (C=O) groups is 1. The lowest BCUT2D eigenvalue weighted by Gasteiger charge is -2.15. The van der Waals surface area contributed by atoms with Gasteiger partial charge in [0.1, 0.15) is 18.0 Å². The van der Waals surface area contributed by atoms with Gasteiger partial charge in [0.05, 0.1) is 11.7 Å². The van der Waals surface area contributed by atoms with E-state index in [0.29, 0.717) is 23.5 Å². The Balaban J connectivity index is 1.36. The summed E-state index contributed by atoms with van der Waals surface area (Å²) in [5.41, 5.74) is 3.71. The second kappa shape index (κ2) is 8.55. The number of imidazole rings is 1. The van der Waals surface area contributed by atoms with Gasteiger partial charge in [0.15, 0.2) is 11.6 Å². The second-order valence-corrected chi connectivity index (χ2v) is 7.39. The number of pyridine rings is 1. The summed E-state index contributed by atoms with van der Waals surface area (Å²) in [6, 6.07) is 13.8. The molecule has 2 aromatic carbocycles. The standard InChI is InChI=1S/C24H21F2N3O2/c1-15-3-10-23-28-19(13-29(23)12-15)14-31-20-7-4-17(5-8-20)24(30)27-16(2)18-6-9-21(25)22(26)11-18/h3-13,16H,14H2,1-2H3,(H,27,30). The molecule has 1 N–H and O–H groups in total. The molecule has 0 aliphatic carbocycles. The van der Waals surface area contributed by atoms with Crippen molar-refractivity contribution in [3.8, 4) is 5.75 Å².